The highest BCUT2D eigenvalue weighted by Crippen LogP contribution is 2.23. The van der Waals surface area contributed by atoms with E-state index < -0.39 is 0 Å². The Morgan fingerprint density at radius 1 is 1.06 bits per heavy atom. The minimum atomic E-state index is 0.0990. The number of hydrogen-bond donors (Lipinski definition) is 1. The van der Waals surface area contributed by atoms with Crippen molar-refractivity contribution in [2.45, 2.75) is 57.6 Å². The molecule has 0 saturated heterocycles. The zero-order chi connectivity index (χ0) is 12.1. The average Bonchev–Trinajstić information content (AvgIpc) is 2.58. The van der Waals surface area contributed by atoms with Crippen molar-refractivity contribution in [2.24, 2.45) is 5.73 Å². The van der Waals surface area contributed by atoms with Gasteiger partial charge in [0.15, 0.2) is 0 Å². The summed E-state index contributed by atoms with van der Waals surface area (Å²) in [5.41, 5.74) is 6.99. The average molecular weight is 233 g/mol. The van der Waals surface area contributed by atoms with Gasteiger partial charge in [0.25, 0.3) is 0 Å². The highest BCUT2D eigenvalue weighted by molar-refractivity contribution is 5.28. The molecule has 2 rings (SSSR count). The van der Waals surface area contributed by atoms with Gasteiger partial charge in [-0.15, -0.1) is 0 Å². The molecule has 2 nitrogen and oxygen atoms in total. The Morgan fingerprint density at radius 3 is 2.18 bits per heavy atom. The van der Waals surface area contributed by atoms with Crippen LogP contribution in [0.1, 0.15) is 57.1 Å². The van der Waals surface area contributed by atoms with Crippen molar-refractivity contribution in [1.82, 2.24) is 0 Å². The molecule has 1 atom stereocenters. The Hall–Kier alpha value is -1.02. The van der Waals surface area contributed by atoms with E-state index in [1.54, 1.807) is 0 Å². The molecule has 0 aromatic heterocycles. The van der Waals surface area contributed by atoms with Crippen LogP contribution in [0.5, 0.6) is 5.75 Å². The van der Waals surface area contributed by atoms with E-state index in [4.69, 9.17) is 10.5 Å². The van der Waals surface area contributed by atoms with Crippen LogP contribution in [0.25, 0.3) is 0 Å². The van der Waals surface area contributed by atoms with Crippen LogP contribution in [-0.2, 0) is 0 Å². The maximum atomic E-state index is 6.03. The van der Waals surface area contributed by atoms with E-state index in [2.05, 4.69) is 12.1 Å². The molecular formula is C15H23NO. The van der Waals surface area contributed by atoms with Gasteiger partial charge in [-0.3, -0.25) is 0 Å². The summed E-state index contributed by atoms with van der Waals surface area (Å²) in [5, 5.41) is 0. The number of ether oxygens (including phenoxy) is 1. The molecule has 0 amide bonds. The smallest absolute Gasteiger partial charge is 0.119 e. The van der Waals surface area contributed by atoms with Crippen molar-refractivity contribution < 1.29 is 4.74 Å². The van der Waals surface area contributed by atoms with Gasteiger partial charge in [0.1, 0.15) is 5.75 Å². The molecular weight excluding hydrogens is 210 g/mol. The lowest BCUT2D eigenvalue weighted by Crippen LogP contribution is -2.15. The van der Waals surface area contributed by atoms with Crippen molar-refractivity contribution in [3.8, 4) is 5.75 Å². The monoisotopic (exact) mass is 233 g/mol. The summed E-state index contributed by atoms with van der Waals surface area (Å²) in [7, 11) is 0. The molecule has 1 aromatic rings. The van der Waals surface area contributed by atoms with E-state index in [0.717, 1.165) is 5.75 Å². The third-order valence-corrected chi connectivity index (χ3v) is 3.51. The van der Waals surface area contributed by atoms with Crippen molar-refractivity contribution in [3.05, 3.63) is 29.8 Å². The zero-order valence-corrected chi connectivity index (χ0v) is 10.7. The summed E-state index contributed by atoms with van der Waals surface area (Å²) in [6.45, 7) is 2.00. The summed E-state index contributed by atoms with van der Waals surface area (Å²) in [5.74, 6) is 0.987. The molecule has 1 aliphatic rings. The Kier molecular flexibility index (Phi) is 4.43. The maximum Gasteiger partial charge on any atom is 0.119 e. The van der Waals surface area contributed by atoms with Gasteiger partial charge in [0.2, 0.25) is 0 Å². The van der Waals surface area contributed by atoms with Crippen molar-refractivity contribution >= 4 is 0 Å². The largest absolute Gasteiger partial charge is 0.490 e. The van der Waals surface area contributed by atoms with Crippen LogP contribution < -0.4 is 10.5 Å². The lowest BCUT2D eigenvalue weighted by atomic mass is 10.1. The van der Waals surface area contributed by atoms with Gasteiger partial charge in [-0.25, -0.2) is 0 Å². The fraction of sp³-hybridized carbons (Fsp3) is 0.600. The Balaban J connectivity index is 1.93. The molecule has 0 unspecified atom stereocenters. The number of benzene rings is 1. The van der Waals surface area contributed by atoms with E-state index in [1.165, 1.54) is 44.1 Å². The predicted molar refractivity (Wildman–Crippen MR) is 71.2 cm³/mol. The molecule has 94 valence electrons. The molecule has 2 N–H and O–H groups in total. The lowest BCUT2D eigenvalue weighted by Gasteiger charge is -2.17. The fourth-order valence-corrected chi connectivity index (χ4v) is 2.40. The van der Waals surface area contributed by atoms with Crippen molar-refractivity contribution in [1.29, 1.82) is 0 Å². The summed E-state index contributed by atoms with van der Waals surface area (Å²) in [6.07, 6.45) is 8.17. The van der Waals surface area contributed by atoms with Crippen LogP contribution in [0.4, 0.5) is 0 Å². The molecule has 2 heteroatoms. The van der Waals surface area contributed by atoms with E-state index >= 15 is 0 Å². The van der Waals surface area contributed by atoms with Crippen LogP contribution in [-0.4, -0.2) is 6.10 Å². The Labute approximate surface area is 104 Å². The lowest BCUT2D eigenvalue weighted by molar-refractivity contribution is 0.183. The van der Waals surface area contributed by atoms with Crippen molar-refractivity contribution in [2.75, 3.05) is 0 Å². The SMILES string of the molecule is C[C@H](N)c1ccc(OC2CCCCCC2)cc1. The number of nitrogens with two attached hydrogens (primary N) is 1. The fourth-order valence-electron chi connectivity index (χ4n) is 2.40. The van der Waals surface area contributed by atoms with Crippen LogP contribution >= 0.6 is 0 Å². The molecule has 1 aliphatic carbocycles. The van der Waals surface area contributed by atoms with Gasteiger partial charge in [0.05, 0.1) is 6.10 Å². The van der Waals surface area contributed by atoms with Gasteiger partial charge in [-0.2, -0.15) is 0 Å². The second-order valence-corrected chi connectivity index (χ2v) is 5.09. The normalized spacial score (nSPS) is 19.6. The van der Waals surface area contributed by atoms with Gasteiger partial charge in [0, 0.05) is 6.04 Å². The molecule has 1 saturated carbocycles. The van der Waals surface area contributed by atoms with Crippen LogP contribution in [0, 0.1) is 0 Å². The van der Waals surface area contributed by atoms with Crippen LogP contribution in [0.2, 0.25) is 0 Å². The first-order valence-corrected chi connectivity index (χ1v) is 6.78. The van der Waals surface area contributed by atoms with E-state index in [-0.39, 0.29) is 6.04 Å². The quantitative estimate of drug-likeness (QED) is 0.806. The van der Waals surface area contributed by atoms with Gasteiger partial charge < -0.3 is 10.5 Å². The highest BCUT2D eigenvalue weighted by atomic mass is 16.5. The number of rotatable bonds is 3. The summed E-state index contributed by atoms with van der Waals surface area (Å²) >= 11 is 0. The molecule has 17 heavy (non-hydrogen) atoms. The summed E-state index contributed by atoms with van der Waals surface area (Å²) in [6, 6.07) is 8.32. The maximum absolute atomic E-state index is 6.03. The standard InChI is InChI=1S/C15H23NO/c1-12(16)13-8-10-15(11-9-13)17-14-6-4-2-3-5-7-14/h8-12,14H,2-7,16H2,1H3/t12-/m0/s1. The third kappa shape index (κ3) is 3.74. The predicted octanol–water partition coefficient (Wildman–Crippen LogP) is 3.81. The highest BCUT2D eigenvalue weighted by Gasteiger charge is 2.13. The second kappa shape index (κ2) is 6.06. The Bertz CT molecular complexity index is 323. The molecule has 0 radical (unpaired) electrons. The van der Waals surface area contributed by atoms with Gasteiger partial charge >= 0.3 is 0 Å². The van der Waals surface area contributed by atoms with Gasteiger partial charge in [-0.05, 0) is 50.3 Å². The minimum Gasteiger partial charge on any atom is -0.490 e. The first kappa shape index (κ1) is 12.4. The second-order valence-electron chi connectivity index (χ2n) is 5.09. The first-order chi connectivity index (χ1) is 8.25. The number of hydrogen-bond acceptors (Lipinski definition) is 2. The minimum absolute atomic E-state index is 0.0990. The molecule has 0 bridgehead atoms. The van der Waals surface area contributed by atoms with Crippen LogP contribution in [0.15, 0.2) is 24.3 Å². The Morgan fingerprint density at radius 2 is 1.65 bits per heavy atom. The van der Waals surface area contributed by atoms with Crippen LogP contribution in [0.3, 0.4) is 0 Å². The van der Waals surface area contributed by atoms with Crippen molar-refractivity contribution in [3.63, 3.8) is 0 Å². The summed E-state index contributed by atoms with van der Waals surface area (Å²) < 4.78 is 6.03. The zero-order valence-electron chi connectivity index (χ0n) is 10.7. The van der Waals surface area contributed by atoms with E-state index in [1.807, 2.05) is 19.1 Å². The molecule has 0 spiro atoms. The molecule has 0 heterocycles. The summed E-state index contributed by atoms with van der Waals surface area (Å²) in [4.78, 5) is 0. The van der Waals surface area contributed by atoms with E-state index in [0.29, 0.717) is 6.10 Å². The third-order valence-electron chi connectivity index (χ3n) is 3.51. The topological polar surface area (TPSA) is 35.2 Å². The molecule has 1 aromatic carbocycles. The van der Waals surface area contributed by atoms with Gasteiger partial charge in [-0.1, -0.05) is 25.0 Å². The molecule has 0 aliphatic heterocycles. The van der Waals surface area contributed by atoms with E-state index in [9.17, 15) is 0 Å². The molecule has 1 fully saturated rings. The first-order valence-electron chi connectivity index (χ1n) is 6.78.